The zero-order valence-corrected chi connectivity index (χ0v) is 36.2. The number of fused-ring (bicyclic) bond motifs is 6. The molecule has 6 unspecified atom stereocenters. The first-order valence-corrected chi connectivity index (χ1v) is 22.5. The van der Waals surface area contributed by atoms with Crippen LogP contribution in [-0.4, -0.2) is 83.9 Å². The molecule has 4 aliphatic carbocycles. The van der Waals surface area contributed by atoms with Crippen molar-refractivity contribution in [2.45, 2.75) is 110 Å². The third-order valence-electron chi connectivity index (χ3n) is 15.5. The van der Waals surface area contributed by atoms with Gasteiger partial charge in [-0.1, -0.05) is 38.0 Å². The lowest BCUT2D eigenvalue weighted by Gasteiger charge is -2.61. The number of nitrogens with one attached hydrogen (secondary N) is 2. The van der Waals surface area contributed by atoms with Gasteiger partial charge in [-0.2, -0.15) is 0 Å². The molecule has 4 saturated carbocycles. The van der Waals surface area contributed by atoms with E-state index in [2.05, 4.69) is 51.7 Å². The number of amides is 1. The van der Waals surface area contributed by atoms with Gasteiger partial charge in [-0.25, -0.2) is 4.63 Å². The van der Waals surface area contributed by atoms with E-state index in [0.29, 0.717) is 80.5 Å². The van der Waals surface area contributed by atoms with Crippen LogP contribution in [0, 0.1) is 56.5 Å². The molecule has 1 heterocycles. The van der Waals surface area contributed by atoms with Crippen LogP contribution >= 0.6 is 0 Å². The first-order valence-electron chi connectivity index (χ1n) is 22.5. The molecule has 17 heteroatoms. The Kier molecular flexibility index (Phi) is 14.5. The van der Waals surface area contributed by atoms with Crippen LogP contribution in [-0.2, 0) is 30.2 Å². The summed E-state index contributed by atoms with van der Waals surface area (Å²) in [5.41, 5.74) is 9.99. The number of phenolic OH excluding ortho intramolecular Hbond substituents is 1. The summed E-state index contributed by atoms with van der Waals surface area (Å²) in [7, 11) is 0. The average molecular weight is 859 g/mol. The molecular weight excluding hydrogens is 797 g/mol. The normalized spacial score (nSPS) is 28.7. The Hall–Kier alpha value is -4.99. The maximum atomic E-state index is 14.2. The van der Waals surface area contributed by atoms with Crippen molar-refractivity contribution in [2.24, 2.45) is 51.5 Å². The van der Waals surface area contributed by atoms with Crippen LogP contribution in [0.3, 0.4) is 0 Å². The minimum absolute atomic E-state index is 0.00817. The van der Waals surface area contributed by atoms with Gasteiger partial charge in [0, 0.05) is 36.4 Å². The molecule has 1 amide bonds. The molecule has 1 aromatic heterocycles. The fourth-order valence-electron chi connectivity index (χ4n) is 12.4. The molecule has 0 radical (unpaired) electrons. The highest BCUT2D eigenvalue weighted by Crippen LogP contribution is 2.68. The van der Waals surface area contributed by atoms with Crippen LogP contribution in [0.15, 0.2) is 46.1 Å². The molecule has 0 aliphatic heterocycles. The van der Waals surface area contributed by atoms with Crippen LogP contribution < -0.4 is 10.6 Å². The molecule has 0 saturated heterocycles. The number of ether oxygens (including phenoxy) is 3. The second-order valence-corrected chi connectivity index (χ2v) is 18.7. The average Bonchev–Trinajstić information content (AvgIpc) is 3.89. The Bertz CT molecular complexity index is 2080. The number of hydrogen-bond donors (Lipinski definition) is 3. The van der Waals surface area contributed by atoms with E-state index in [1.807, 2.05) is 0 Å². The number of hydrogen-bond acceptors (Lipinski definition) is 13. The second kappa shape index (κ2) is 20.0. The summed E-state index contributed by atoms with van der Waals surface area (Å²) >= 11 is 0. The fraction of sp³-hybridized carbons (Fsp3) is 0.689. The molecule has 62 heavy (non-hydrogen) atoms. The van der Waals surface area contributed by atoms with E-state index in [9.17, 15) is 24.8 Å². The first-order chi connectivity index (χ1) is 29.9. The van der Waals surface area contributed by atoms with E-state index in [1.54, 1.807) is 24.3 Å². The second-order valence-electron chi connectivity index (χ2n) is 18.7. The molecule has 17 nitrogen and oxygen atoms in total. The minimum Gasteiger partial charge on any atom is -0.508 e. The smallest absolute Gasteiger partial charge is 0.305 e. The van der Waals surface area contributed by atoms with Gasteiger partial charge in [0.2, 0.25) is 11.4 Å². The number of phenols is 1. The van der Waals surface area contributed by atoms with E-state index in [0.717, 1.165) is 37.7 Å². The predicted octanol–water partition coefficient (Wildman–Crippen LogP) is 8.31. The van der Waals surface area contributed by atoms with E-state index >= 15 is 0 Å². The van der Waals surface area contributed by atoms with Crippen LogP contribution in [0.25, 0.3) is 21.5 Å². The van der Waals surface area contributed by atoms with Gasteiger partial charge in [0.05, 0.1) is 37.0 Å². The van der Waals surface area contributed by atoms with Crippen LogP contribution in [0.5, 0.6) is 5.75 Å². The maximum Gasteiger partial charge on any atom is 0.305 e. The van der Waals surface area contributed by atoms with Crippen molar-refractivity contribution in [2.75, 3.05) is 44.9 Å². The monoisotopic (exact) mass is 858 g/mol. The maximum absolute atomic E-state index is 14.2. The molecule has 3 N–H and O–H groups in total. The van der Waals surface area contributed by atoms with E-state index in [4.69, 9.17) is 24.4 Å². The molecule has 7 rings (SSSR count). The zero-order valence-electron chi connectivity index (χ0n) is 36.2. The Morgan fingerprint density at radius 1 is 0.968 bits per heavy atom. The standard InChI is InChI=1S/C45H62N8O9/c1-28(4-15-40(55)61-25-24-60-23-22-59-21-20-47-52-46)34-11-12-35-33-10-7-30-27-31(16-18-44(30,2)36(33)17-19-45(34,35)3)48-43(56)38(26-29-5-8-32(54)9-6-29)49-37-13-14-39(53(57)58)42-41(37)50-62-51-42/h5-6,8-9,13-14,28,30-31,33-36,38,49,54H,4,7,10-12,15-27H2,1-3H3,(H,48,56)/t28?,30-,31-,33?,34?,35?,36?,38?,44+,45-/m1/s1. The minimum atomic E-state index is -0.732. The molecule has 10 atom stereocenters. The summed E-state index contributed by atoms with van der Waals surface area (Å²) in [5, 5.41) is 39.3. The van der Waals surface area contributed by atoms with Crippen LogP contribution in [0.1, 0.15) is 97.0 Å². The number of aromatic hydroxyl groups is 1. The number of aromatic nitrogens is 2. The Morgan fingerprint density at radius 3 is 2.47 bits per heavy atom. The molecular formula is C45H62N8O9. The summed E-state index contributed by atoms with van der Waals surface area (Å²) in [4.78, 5) is 40.6. The number of nitro benzene ring substituents is 1. The van der Waals surface area contributed by atoms with Gasteiger partial charge in [0.1, 0.15) is 18.4 Å². The number of carbonyl (C=O) groups excluding carboxylic acids is 2. The predicted molar refractivity (Wildman–Crippen MR) is 230 cm³/mol. The Morgan fingerprint density at radius 2 is 1.69 bits per heavy atom. The summed E-state index contributed by atoms with van der Waals surface area (Å²) < 4.78 is 21.2. The fourth-order valence-corrected chi connectivity index (χ4v) is 12.4. The Balaban J connectivity index is 0.912. The van der Waals surface area contributed by atoms with Gasteiger partial charge in [0.15, 0.2) is 5.52 Å². The lowest BCUT2D eigenvalue weighted by Crippen LogP contribution is -2.56. The van der Waals surface area contributed by atoms with Crippen molar-refractivity contribution in [3.63, 3.8) is 0 Å². The lowest BCUT2D eigenvalue weighted by atomic mass is 9.44. The summed E-state index contributed by atoms with van der Waals surface area (Å²) in [6.07, 6.45) is 11.7. The molecule has 0 spiro atoms. The number of azide groups is 1. The van der Waals surface area contributed by atoms with Gasteiger partial charge in [-0.15, -0.1) is 0 Å². The third kappa shape index (κ3) is 9.95. The van der Waals surface area contributed by atoms with Crippen molar-refractivity contribution in [1.82, 2.24) is 15.6 Å². The van der Waals surface area contributed by atoms with Crippen molar-refractivity contribution in [3.05, 3.63) is 62.5 Å². The highest BCUT2D eigenvalue weighted by Gasteiger charge is 2.60. The SMILES string of the molecule is CC(CCC(=O)OCCOCCOCCN=[N+]=[N-])C1CCC2C3CC[C@@H]4C[C@H](NC(=O)C(Cc5ccc(O)cc5)Nc5ccc([N+](=O)[O-])c6nonc56)CC[C@]4(C)C3CC[C@]12C. The molecule has 4 fully saturated rings. The summed E-state index contributed by atoms with van der Waals surface area (Å²) in [6, 6.07) is 8.91. The first kappa shape index (κ1) is 45.0. The van der Waals surface area contributed by atoms with Gasteiger partial charge < -0.3 is 30.0 Å². The number of carbonyl (C=O) groups is 2. The van der Waals surface area contributed by atoms with Gasteiger partial charge in [-0.05, 0) is 150 Å². The zero-order chi connectivity index (χ0) is 43.9. The van der Waals surface area contributed by atoms with Crippen LogP contribution in [0.2, 0.25) is 0 Å². The van der Waals surface area contributed by atoms with Crippen molar-refractivity contribution in [3.8, 4) is 5.75 Å². The largest absolute Gasteiger partial charge is 0.508 e. The third-order valence-corrected chi connectivity index (χ3v) is 15.5. The topological polar surface area (TPSA) is 237 Å². The number of anilines is 1. The molecule has 3 aromatic rings. The molecule has 4 aliphatic rings. The highest BCUT2D eigenvalue weighted by molar-refractivity contribution is 5.95. The summed E-state index contributed by atoms with van der Waals surface area (Å²) in [6.45, 7) is 9.37. The lowest BCUT2D eigenvalue weighted by molar-refractivity contribution is -0.383. The van der Waals surface area contributed by atoms with E-state index < -0.39 is 11.0 Å². The van der Waals surface area contributed by atoms with Gasteiger partial charge in [-0.3, -0.25) is 19.7 Å². The molecule has 0 bridgehead atoms. The van der Waals surface area contributed by atoms with Gasteiger partial charge >= 0.3 is 11.7 Å². The quantitative estimate of drug-likeness (QED) is 0.0185. The van der Waals surface area contributed by atoms with Crippen molar-refractivity contribution < 1.29 is 38.5 Å². The molecule has 336 valence electrons. The number of nitrogens with zero attached hydrogens (tertiary/aromatic N) is 6. The number of non-ortho nitro benzene ring substituents is 1. The Labute approximate surface area is 362 Å². The number of benzene rings is 2. The van der Waals surface area contributed by atoms with Crippen LogP contribution in [0.4, 0.5) is 11.4 Å². The summed E-state index contributed by atoms with van der Waals surface area (Å²) in [5.74, 6) is 3.38. The van der Waals surface area contributed by atoms with E-state index in [-0.39, 0.29) is 64.4 Å². The molecule has 2 aromatic carbocycles. The number of nitro groups is 1. The number of esters is 1. The highest BCUT2D eigenvalue weighted by atomic mass is 16.6. The number of rotatable bonds is 20. The van der Waals surface area contributed by atoms with Crippen molar-refractivity contribution >= 4 is 34.3 Å². The van der Waals surface area contributed by atoms with Gasteiger partial charge in [0.25, 0.3) is 0 Å². The van der Waals surface area contributed by atoms with E-state index in [1.165, 1.54) is 44.2 Å². The van der Waals surface area contributed by atoms with Crippen molar-refractivity contribution in [1.29, 1.82) is 0 Å².